The van der Waals surface area contributed by atoms with Crippen LogP contribution in [0.4, 0.5) is 0 Å². The third kappa shape index (κ3) is 5.43. The van der Waals surface area contributed by atoms with E-state index < -0.39 is 23.8 Å². The van der Waals surface area contributed by atoms with Crippen molar-refractivity contribution in [1.82, 2.24) is 0 Å². The molecule has 15 heavy (non-hydrogen) atoms. The highest BCUT2D eigenvalue weighted by molar-refractivity contribution is 5.90. The van der Waals surface area contributed by atoms with Crippen LogP contribution < -0.4 is 22.9 Å². The summed E-state index contributed by atoms with van der Waals surface area (Å²) >= 11 is 0. The van der Waals surface area contributed by atoms with E-state index in [-0.39, 0.29) is 12.8 Å². The van der Waals surface area contributed by atoms with Gasteiger partial charge in [-0.1, -0.05) is 6.92 Å². The van der Waals surface area contributed by atoms with Crippen molar-refractivity contribution in [2.75, 3.05) is 0 Å². The number of rotatable bonds is 5. The van der Waals surface area contributed by atoms with Gasteiger partial charge in [-0.15, -0.1) is 0 Å². The number of hydrogen-bond acceptors (Lipinski definition) is 7. The fourth-order valence-corrected chi connectivity index (χ4v) is 0.927. The second-order valence-electron chi connectivity index (χ2n) is 3.42. The Bertz CT molecular complexity index is 240. The van der Waals surface area contributed by atoms with Crippen molar-refractivity contribution in [3.8, 4) is 0 Å². The minimum Gasteiger partial charge on any atom is -0.391 e. The monoisotopic (exact) mass is 218 g/mol. The first-order chi connectivity index (χ1) is 6.79. The van der Waals surface area contributed by atoms with Crippen LogP contribution in [0.3, 0.4) is 0 Å². The molecule has 0 fully saturated rings. The summed E-state index contributed by atoms with van der Waals surface area (Å²) in [5.41, 5.74) is 19.4. The van der Waals surface area contributed by atoms with Crippen LogP contribution in [0.25, 0.3) is 0 Å². The van der Waals surface area contributed by atoms with Gasteiger partial charge in [0.05, 0.1) is 6.17 Å². The molecule has 7 nitrogen and oxygen atoms in total. The summed E-state index contributed by atoms with van der Waals surface area (Å²) in [5.74, 6) is -1.67. The molecule has 0 saturated carbocycles. The number of nitrogens with two attached hydrogens (primary N) is 4. The summed E-state index contributed by atoms with van der Waals surface area (Å²) in [6, 6.07) is 0. The van der Waals surface area contributed by atoms with Gasteiger partial charge in [-0.25, -0.2) is 4.79 Å². The number of hydrogen-bond donors (Lipinski definition) is 4. The van der Waals surface area contributed by atoms with Gasteiger partial charge >= 0.3 is 11.9 Å². The van der Waals surface area contributed by atoms with E-state index in [1.807, 2.05) is 0 Å². The molecule has 0 rings (SSSR count). The maximum atomic E-state index is 11.3. The molecule has 0 aliphatic carbocycles. The molecule has 0 aromatic rings. The third-order valence-electron chi connectivity index (χ3n) is 1.61. The standard InChI is InChI=1S/C8H18N4O3/c1-2-3-6(13)15-7(14)8(11,12)4-5(9)10/h5H,2-4,9-12H2,1H3. The molecule has 0 aliphatic rings. The van der Waals surface area contributed by atoms with E-state index in [9.17, 15) is 9.59 Å². The average Bonchev–Trinajstić information content (AvgIpc) is 2.01. The van der Waals surface area contributed by atoms with Crippen molar-refractivity contribution in [3.05, 3.63) is 0 Å². The van der Waals surface area contributed by atoms with Gasteiger partial charge in [0.15, 0.2) is 5.66 Å². The lowest BCUT2D eigenvalue weighted by atomic mass is 10.1. The van der Waals surface area contributed by atoms with Gasteiger partial charge in [0.25, 0.3) is 0 Å². The molecule has 0 aromatic carbocycles. The van der Waals surface area contributed by atoms with Crippen molar-refractivity contribution < 1.29 is 14.3 Å². The largest absolute Gasteiger partial charge is 0.391 e. The maximum Gasteiger partial charge on any atom is 0.348 e. The molecule has 8 N–H and O–H groups in total. The normalized spacial score (nSPS) is 11.6. The number of carbonyl (C=O) groups is 2. The van der Waals surface area contributed by atoms with Crippen LogP contribution in [0.5, 0.6) is 0 Å². The fourth-order valence-electron chi connectivity index (χ4n) is 0.927. The summed E-state index contributed by atoms with van der Waals surface area (Å²) in [5, 5.41) is 0. The van der Waals surface area contributed by atoms with Gasteiger partial charge in [0, 0.05) is 12.8 Å². The molecule has 0 bridgehead atoms. The highest BCUT2D eigenvalue weighted by atomic mass is 16.6. The number of ether oxygens (including phenoxy) is 1. The van der Waals surface area contributed by atoms with Crippen molar-refractivity contribution in [2.45, 2.75) is 38.0 Å². The molecule has 0 aliphatic heterocycles. The first kappa shape index (κ1) is 14.0. The number of esters is 2. The van der Waals surface area contributed by atoms with E-state index in [4.69, 9.17) is 22.9 Å². The van der Waals surface area contributed by atoms with Crippen LogP contribution in [0, 0.1) is 0 Å². The summed E-state index contributed by atoms with van der Waals surface area (Å²) in [4.78, 5) is 22.3. The lowest BCUT2D eigenvalue weighted by Crippen LogP contribution is -2.61. The summed E-state index contributed by atoms with van der Waals surface area (Å²) in [6.07, 6.45) is -0.291. The van der Waals surface area contributed by atoms with Crippen LogP contribution in [0.15, 0.2) is 0 Å². The molecular weight excluding hydrogens is 200 g/mol. The minimum absolute atomic E-state index is 0.135. The van der Waals surface area contributed by atoms with Crippen LogP contribution in [-0.2, 0) is 14.3 Å². The molecule has 7 heteroatoms. The Morgan fingerprint density at radius 2 is 1.87 bits per heavy atom. The third-order valence-corrected chi connectivity index (χ3v) is 1.61. The first-order valence-electron chi connectivity index (χ1n) is 4.63. The zero-order chi connectivity index (χ0) is 12.1. The number of carbonyl (C=O) groups excluding carboxylic acids is 2. The molecule has 0 atom stereocenters. The van der Waals surface area contributed by atoms with Crippen molar-refractivity contribution in [2.24, 2.45) is 22.9 Å². The lowest BCUT2D eigenvalue weighted by Gasteiger charge is -2.23. The van der Waals surface area contributed by atoms with Crippen molar-refractivity contribution in [1.29, 1.82) is 0 Å². The second kappa shape index (κ2) is 5.76. The van der Waals surface area contributed by atoms with Crippen LogP contribution in [0.1, 0.15) is 26.2 Å². The Kier molecular flexibility index (Phi) is 5.37. The first-order valence-corrected chi connectivity index (χ1v) is 4.63. The molecule has 88 valence electrons. The van der Waals surface area contributed by atoms with Crippen LogP contribution >= 0.6 is 0 Å². The molecule has 0 spiro atoms. The van der Waals surface area contributed by atoms with E-state index in [1.165, 1.54) is 0 Å². The fraction of sp³-hybridized carbons (Fsp3) is 0.750. The zero-order valence-corrected chi connectivity index (χ0v) is 8.73. The van der Waals surface area contributed by atoms with Crippen LogP contribution in [-0.4, -0.2) is 23.8 Å². The average molecular weight is 218 g/mol. The van der Waals surface area contributed by atoms with E-state index >= 15 is 0 Å². The van der Waals surface area contributed by atoms with Gasteiger partial charge < -0.3 is 27.7 Å². The summed E-state index contributed by atoms with van der Waals surface area (Å²) < 4.78 is 4.42. The molecule has 0 amide bonds. The van der Waals surface area contributed by atoms with Crippen LogP contribution in [0.2, 0.25) is 0 Å². The molecule has 0 radical (unpaired) electrons. The van der Waals surface area contributed by atoms with Crippen molar-refractivity contribution in [3.63, 3.8) is 0 Å². The van der Waals surface area contributed by atoms with Gasteiger partial charge in [-0.2, -0.15) is 0 Å². The SMILES string of the molecule is CCCC(=O)OC(=O)C(N)(N)CC(N)N. The second-order valence-corrected chi connectivity index (χ2v) is 3.42. The quantitative estimate of drug-likeness (QED) is 0.239. The minimum atomic E-state index is -1.82. The highest BCUT2D eigenvalue weighted by Crippen LogP contribution is 2.04. The summed E-state index contributed by atoms with van der Waals surface area (Å²) in [6.45, 7) is 1.78. The Hall–Kier alpha value is -1.02. The molecular formula is C8H18N4O3. The van der Waals surface area contributed by atoms with Gasteiger partial charge in [0.2, 0.25) is 0 Å². The van der Waals surface area contributed by atoms with Crippen molar-refractivity contribution >= 4 is 11.9 Å². The van der Waals surface area contributed by atoms with E-state index in [1.54, 1.807) is 6.92 Å². The van der Waals surface area contributed by atoms with Gasteiger partial charge in [0.1, 0.15) is 0 Å². The molecule has 0 aromatic heterocycles. The van der Waals surface area contributed by atoms with Gasteiger partial charge in [-0.3, -0.25) is 4.79 Å². The zero-order valence-electron chi connectivity index (χ0n) is 8.73. The Morgan fingerprint density at radius 3 is 2.27 bits per heavy atom. The molecule has 0 heterocycles. The Balaban J connectivity index is 4.24. The van der Waals surface area contributed by atoms with E-state index in [2.05, 4.69) is 4.74 Å². The summed E-state index contributed by atoms with van der Waals surface area (Å²) in [7, 11) is 0. The maximum absolute atomic E-state index is 11.3. The Labute approximate surface area is 88.1 Å². The van der Waals surface area contributed by atoms with E-state index in [0.29, 0.717) is 6.42 Å². The smallest absolute Gasteiger partial charge is 0.348 e. The lowest BCUT2D eigenvalue weighted by molar-refractivity contribution is -0.164. The topological polar surface area (TPSA) is 147 Å². The molecule has 0 saturated heterocycles. The molecule has 0 unspecified atom stereocenters. The van der Waals surface area contributed by atoms with Gasteiger partial charge in [-0.05, 0) is 6.42 Å². The predicted molar refractivity (Wildman–Crippen MR) is 53.9 cm³/mol. The highest BCUT2D eigenvalue weighted by Gasteiger charge is 2.33. The Morgan fingerprint density at radius 1 is 1.33 bits per heavy atom. The predicted octanol–water partition coefficient (Wildman–Crippen LogP) is -1.90. The van der Waals surface area contributed by atoms with E-state index in [0.717, 1.165) is 0 Å².